The van der Waals surface area contributed by atoms with E-state index in [1.807, 2.05) is 0 Å². The van der Waals surface area contributed by atoms with Crippen LogP contribution in [0.2, 0.25) is 0 Å². The Morgan fingerprint density at radius 3 is 3.00 bits per heavy atom. The Hall–Kier alpha value is -2.22. The monoisotopic (exact) mass is 251 g/mol. The SMILES string of the molecule is O=C(O)CCNc1ncnc2c1cnn2CCO. The van der Waals surface area contributed by atoms with Gasteiger partial charge in [-0.1, -0.05) is 0 Å². The van der Waals surface area contributed by atoms with Gasteiger partial charge in [-0.3, -0.25) is 4.79 Å². The summed E-state index contributed by atoms with van der Waals surface area (Å²) >= 11 is 0. The maximum absolute atomic E-state index is 10.4. The van der Waals surface area contributed by atoms with E-state index in [0.29, 0.717) is 23.4 Å². The van der Waals surface area contributed by atoms with Gasteiger partial charge in [-0.05, 0) is 0 Å². The third-order valence-corrected chi connectivity index (χ3v) is 2.38. The van der Waals surface area contributed by atoms with Gasteiger partial charge >= 0.3 is 5.97 Å². The van der Waals surface area contributed by atoms with Crippen molar-refractivity contribution in [2.24, 2.45) is 0 Å². The van der Waals surface area contributed by atoms with Crippen LogP contribution in [0.4, 0.5) is 5.82 Å². The summed E-state index contributed by atoms with van der Waals surface area (Å²) in [7, 11) is 0. The third kappa shape index (κ3) is 2.54. The van der Waals surface area contributed by atoms with Gasteiger partial charge in [0.25, 0.3) is 0 Å². The van der Waals surface area contributed by atoms with E-state index >= 15 is 0 Å². The fourth-order valence-electron chi connectivity index (χ4n) is 1.58. The Kier molecular flexibility index (Phi) is 3.68. The van der Waals surface area contributed by atoms with Crippen LogP contribution in [-0.2, 0) is 11.3 Å². The van der Waals surface area contributed by atoms with Gasteiger partial charge in [-0.15, -0.1) is 0 Å². The van der Waals surface area contributed by atoms with Gasteiger partial charge in [0.05, 0.1) is 31.2 Å². The van der Waals surface area contributed by atoms with Gasteiger partial charge in [0, 0.05) is 6.54 Å². The van der Waals surface area contributed by atoms with E-state index in [1.54, 1.807) is 10.9 Å². The zero-order valence-corrected chi connectivity index (χ0v) is 9.57. The van der Waals surface area contributed by atoms with Crippen molar-refractivity contribution < 1.29 is 15.0 Å². The number of hydrogen-bond donors (Lipinski definition) is 3. The van der Waals surface area contributed by atoms with Crippen LogP contribution >= 0.6 is 0 Å². The summed E-state index contributed by atoms with van der Waals surface area (Å²) in [5.41, 5.74) is 0.608. The van der Waals surface area contributed by atoms with E-state index in [9.17, 15) is 4.79 Å². The van der Waals surface area contributed by atoms with Gasteiger partial charge < -0.3 is 15.5 Å². The first-order valence-electron chi connectivity index (χ1n) is 5.45. The lowest BCUT2D eigenvalue weighted by molar-refractivity contribution is -0.136. The number of aliphatic hydroxyl groups excluding tert-OH is 1. The molecule has 2 aromatic heterocycles. The number of aliphatic carboxylic acids is 1. The molecular weight excluding hydrogens is 238 g/mol. The van der Waals surface area contributed by atoms with Crippen molar-refractivity contribution in [1.29, 1.82) is 0 Å². The lowest BCUT2D eigenvalue weighted by atomic mass is 10.3. The first-order valence-corrected chi connectivity index (χ1v) is 5.45. The number of carbonyl (C=O) groups is 1. The second kappa shape index (κ2) is 5.41. The first kappa shape index (κ1) is 12.2. The predicted octanol–water partition coefficient (Wildman–Crippen LogP) is -0.295. The van der Waals surface area contributed by atoms with Crippen LogP contribution in [0.25, 0.3) is 11.0 Å². The van der Waals surface area contributed by atoms with E-state index < -0.39 is 5.97 Å². The van der Waals surface area contributed by atoms with Crippen LogP contribution < -0.4 is 5.32 Å². The molecule has 0 aromatic carbocycles. The summed E-state index contributed by atoms with van der Waals surface area (Å²) in [5, 5.41) is 25.2. The molecule has 0 saturated heterocycles. The molecule has 2 rings (SSSR count). The van der Waals surface area contributed by atoms with Crippen LogP contribution in [0.3, 0.4) is 0 Å². The molecule has 2 aromatic rings. The average Bonchev–Trinajstić information content (AvgIpc) is 2.74. The topological polar surface area (TPSA) is 113 Å². The number of rotatable bonds is 6. The van der Waals surface area contributed by atoms with E-state index in [0.717, 1.165) is 0 Å². The number of fused-ring (bicyclic) bond motifs is 1. The molecule has 18 heavy (non-hydrogen) atoms. The smallest absolute Gasteiger partial charge is 0.305 e. The standard InChI is InChI=1S/C10H13N5O3/c16-4-3-15-10-7(5-14-15)9(12-6-13-10)11-2-1-8(17)18/h5-6,16H,1-4H2,(H,17,18)(H,11,12,13). The summed E-state index contributed by atoms with van der Waals surface area (Å²) in [6.45, 7) is 0.615. The second-order valence-corrected chi connectivity index (χ2v) is 3.62. The van der Waals surface area contributed by atoms with E-state index in [4.69, 9.17) is 10.2 Å². The second-order valence-electron chi connectivity index (χ2n) is 3.62. The largest absolute Gasteiger partial charge is 0.481 e. The summed E-state index contributed by atoms with van der Waals surface area (Å²) in [5.74, 6) is -0.325. The minimum Gasteiger partial charge on any atom is -0.481 e. The minimum absolute atomic E-state index is 0.0102. The maximum atomic E-state index is 10.4. The predicted molar refractivity (Wildman–Crippen MR) is 63.2 cm³/mol. The van der Waals surface area contributed by atoms with Crippen LogP contribution in [-0.4, -0.2) is 49.1 Å². The molecule has 0 aliphatic rings. The zero-order valence-electron chi connectivity index (χ0n) is 9.57. The third-order valence-electron chi connectivity index (χ3n) is 2.38. The number of anilines is 1. The molecule has 8 nitrogen and oxygen atoms in total. The normalized spacial score (nSPS) is 10.7. The molecule has 0 unspecified atom stereocenters. The molecule has 0 saturated carbocycles. The van der Waals surface area contributed by atoms with Gasteiger partial charge in [0.2, 0.25) is 0 Å². The van der Waals surface area contributed by atoms with Crippen molar-refractivity contribution in [3.63, 3.8) is 0 Å². The fraction of sp³-hybridized carbons (Fsp3) is 0.400. The maximum Gasteiger partial charge on any atom is 0.305 e. The quantitative estimate of drug-likeness (QED) is 0.646. The first-order chi connectivity index (χ1) is 8.72. The number of hydrogen-bond acceptors (Lipinski definition) is 6. The van der Waals surface area contributed by atoms with E-state index in [2.05, 4.69) is 20.4 Å². The highest BCUT2D eigenvalue weighted by atomic mass is 16.4. The average molecular weight is 251 g/mol. The molecule has 0 fully saturated rings. The molecule has 0 spiro atoms. The molecule has 8 heteroatoms. The Morgan fingerprint density at radius 1 is 1.44 bits per heavy atom. The highest BCUT2D eigenvalue weighted by Crippen LogP contribution is 2.18. The summed E-state index contributed by atoms with van der Waals surface area (Å²) in [6, 6.07) is 0. The van der Waals surface area contributed by atoms with Crippen LogP contribution in [0, 0.1) is 0 Å². The van der Waals surface area contributed by atoms with E-state index in [-0.39, 0.29) is 19.6 Å². The Labute approximate surface area is 102 Å². The highest BCUT2D eigenvalue weighted by Gasteiger charge is 2.09. The number of nitrogens with one attached hydrogen (secondary N) is 1. The van der Waals surface area contributed by atoms with Gasteiger partial charge in [0.15, 0.2) is 5.65 Å². The fourth-order valence-corrected chi connectivity index (χ4v) is 1.58. The lowest BCUT2D eigenvalue weighted by Crippen LogP contribution is -2.09. The summed E-state index contributed by atoms with van der Waals surface area (Å²) < 4.78 is 1.57. The van der Waals surface area contributed by atoms with Gasteiger partial charge in [-0.25, -0.2) is 14.6 Å². The molecule has 96 valence electrons. The number of carboxylic acids is 1. The number of aliphatic hydroxyl groups is 1. The van der Waals surface area contributed by atoms with Crippen molar-refractivity contribution in [1.82, 2.24) is 19.7 Å². The van der Waals surface area contributed by atoms with Crippen LogP contribution in [0.5, 0.6) is 0 Å². The van der Waals surface area contributed by atoms with Crippen molar-refractivity contribution in [3.05, 3.63) is 12.5 Å². The molecule has 0 atom stereocenters. The molecule has 0 amide bonds. The van der Waals surface area contributed by atoms with Crippen molar-refractivity contribution in [3.8, 4) is 0 Å². The Bertz CT molecular complexity index is 553. The molecule has 3 N–H and O–H groups in total. The van der Waals surface area contributed by atoms with Crippen LogP contribution in [0.1, 0.15) is 6.42 Å². The Morgan fingerprint density at radius 2 is 2.28 bits per heavy atom. The van der Waals surface area contributed by atoms with Crippen LogP contribution in [0.15, 0.2) is 12.5 Å². The van der Waals surface area contributed by atoms with Gasteiger partial charge in [-0.2, -0.15) is 5.10 Å². The Balaban J connectivity index is 2.20. The minimum atomic E-state index is -0.872. The summed E-state index contributed by atoms with van der Waals surface area (Å²) in [4.78, 5) is 18.6. The molecule has 0 aliphatic heterocycles. The molecular formula is C10H13N5O3. The van der Waals surface area contributed by atoms with Gasteiger partial charge in [0.1, 0.15) is 12.1 Å². The zero-order chi connectivity index (χ0) is 13.0. The van der Waals surface area contributed by atoms with Crippen molar-refractivity contribution in [2.75, 3.05) is 18.5 Å². The van der Waals surface area contributed by atoms with Crippen molar-refractivity contribution in [2.45, 2.75) is 13.0 Å². The summed E-state index contributed by atoms with van der Waals surface area (Å²) in [6.07, 6.45) is 2.98. The molecule has 0 bridgehead atoms. The number of carboxylic acid groups (broad SMARTS) is 1. The molecule has 2 heterocycles. The lowest BCUT2D eigenvalue weighted by Gasteiger charge is -2.04. The molecule has 0 aliphatic carbocycles. The number of nitrogens with zero attached hydrogens (tertiary/aromatic N) is 4. The number of aromatic nitrogens is 4. The highest BCUT2D eigenvalue weighted by molar-refractivity contribution is 5.86. The van der Waals surface area contributed by atoms with Crippen molar-refractivity contribution >= 4 is 22.8 Å². The van der Waals surface area contributed by atoms with E-state index in [1.165, 1.54) is 6.33 Å². The molecule has 0 radical (unpaired) electrons.